The van der Waals surface area contributed by atoms with Gasteiger partial charge in [-0.3, -0.25) is 14.2 Å². The van der Waals surface area contributed by atoms with Crippen LogP contribution in [0.5, 0.6) is 5.75 Å². The Balaban J connectivity index is 1.28. The van der Waals surface area contributed by atoms with Gasteiger partial charge in [0.25, 0.3) is 11.5 Å². The molecule has 188 valence electrons. The van der Waals surface area contributed by atoms with Crippen LogP contribution in [-0.4, -0.2) is 40.4 Å². The number of aromatic nitrogens is 3. The molecule has 1 aromatic heterocycles. The van der Waals surface area contributed by atoms with Crippen LogP contribution < -0.4 is 20.5 Å². The lowest BCUT2D eigenvalue weighted by Crippen LogP contribution is -2.35. The lowest BCUT2D eigenvalue weighted by atomic mass is 9.88. The van der Waals surface area contributed by atoms with Gasteiger partial charge >= 0.3 is 0 Å². The van der Waals surface area contributed by atoms with Crippen molar-refractivity contribution in [2.45, 2.75) is 25.8 Å². The summed E-state index contributed by atoms with van der Waals surface area (Å²) in [6.07, 6.45) is 0.686. The zero-order valence-corrected chi connectivity index (χ0v) is 20.7. The fraction of sp³-hybridized carbons (Fsp3) is 0.241. The summed E-state index contributed by atoms with van der Waals surface area (Å²) < 4.78 is 7.01. The molecule has 0 saturated carbocycles. The molecule has 4 aromatic rings. The van der Waals surface area contributed by atoms with Crippen molar-refractivity contribution in [3.8, 4) is 5.75 Å². The van der Waals surface area contributed by atoms with Gasteiger partial charge in [-0.25, -0.2) is 0 Å². The summed E-state index contributed by atoms with van der Waals surface area (Å²) >= 11 is 0. The maximum absolute atomic E-state index is 13.1. The summed E-state index contributed by atoms with van der Waals surface area (Å²) in [5, 5.41) is 11.1. The normalized spacial score (nSPS) is 12.4. The minimum absolute atomic E-state index is 0.123. The van der Waals surface area contributed by atoms with E-state index >= 15 is 0 Å². The van der Waals surface area contributed by atoms with Crippen molar-refractivity contribution >= 4 is 17.5 Å². The molecule has 8 nitrogen and oxygen atoms in total. The molecule has 1 aliphatic rings. The molecule has 8 heteroatoms. The molecule has 0 aliphatic carbocycles. The number of benzene rings is 3. The summed E-state index contributed by atoms with van der Waals surface area (Å²) in [5.74, 6) is 0.825. The molecule has 37 heavy (non-hydrogen) atoms. The Morgan fingerprint density at radius 1 is 0.919 bits per heavy atom. The minimum Gasteiger partial charge on any atom is -0.494 e. The number of fused-ring (bicyclic) bond motifs is 1. The summed E-state index contributed by atoms with van der Waals surface area (Å²) in [7, 11) is 0. The highest BCUT2D eigenvalue weighted by Gasteiger charge is 2.27. The van der Waals surface area contributed by atoms with Crippen LogP contribution in [0.25, 0.3) is 0 Å². The molecule has 1 aliphatic heterocycles. The van der Waals surface area contributed by atoms with Crippen molar-refractivity contribution in [2.24, 2.45) is 0 Å². The highest BCUT2D eigenvalue weighted by Crippen LogP contribution is 2.29. The van der Waals surface area contributed by atoms with E-state index in [2.05, 4.69) is 39.8 Å². The van der Waals surface area contributed by atoms with Gasteiger partial charge in [0.05, 0.1) is 6.61 Å². The van der Waals surface area contributed by atoms with E-state index in [1.54, 1.807) is 0 Å². The molecule has 1 N–H and O–H groups in total. The highest BCUT2D eigenvalue weighted by molar-refractivity contribution is 5.91. The second-order valence-corrected chi connectivity index (χ2v) is 8.80. The van der Waals surface area contributed by atoms with E-state index in [9.17, 15) is 9.59 Å². The third-order valence-electron chi connectivity index (χ3n) is 6.51. The molecular formula is C29H29N5O3. The van der Waals surface area contributed by atoms with Crippen LogP contribution in [0.15, 0.2) is 89.7 Å². The van der Waals surface area contributed by atoms with E-state index in [0.717, 1.165) is 11.4 Å². The maximum atomic E-state index is 13.1. The molecule has 0 bridgehead atoms. The van der Waals surface area contributed by atoms with Crippen LogP contribution in [0, 0.1) is 0 Å². The van der Waals surface area contributed by atoms with Crippen LogP contribution in [-0.2, 0) is 6.54 Å². The van der Waals surface area contributed by atoms with E-state index in [0.29, 0.717) is 38.6 Å². The highest BCUT2D eigenvalue weighted by atomic mass is 16.5. The number of ether oxygens (including phenoxy) is 1. The molecule has 1 amide bonds. The first-order valence-electron chi connectivity index (χ1n) is 12.5. The smallest absolute Gasteiger partial charge is 0.286 e. The van der Waals surface area contributed by atoms with Gasteiger partial charge in [-0.05, 0) is 48.7 Å². The van der Waals surface area contributed by atoms with Crippen LogP contribution in [0.2, 0.25) is 0 Å². The Kier molecular flexibility index (Phi) is 7.26. The third-order valence-corrected chi connectivity index (χ3v) is 6.51. The van der Waals surface area contributed by atoms with E-state index < -0.39 is 11.5 Å². The molecule has 5 rings (SSSR count). The Hall–Kier alpha value is -4.46. The number of anilines is 2. The Bertz CT molecular complexity index is 1370. The van der Waals surface area contributed by atoms with Crippen molar-refractivity contribution in [1.82, 2.24) is 20.1 Å². The van der Waals surface area contributed by atoms with Crippen LogP contribution in [0.4, 0.5) is 11.6 Å². The molecule has 2 heterocycles. The molecule has 0 atom stereocenters. The standard InChI is InChI=1S/C29H29N5O3/c1-2-37-24-15-13-23(14-16-24)33-19-20-34-28(36)26(31-32-29(33)34)27(35)30-18-17-25(21-9-5-3-6-10-21)22-11-7-4-8-12-22/h3-16,25H,2,17-20H2,1H3,(H,30,35). The molecule has 3 aromatic carbocycles. The van der Waals surface area contributed by atoms with Gasteiger partial charge in [-0.2, -0.15) is 0 Å². The molecule has 0 fully saturated rings. The van der Waals surface area contributed by atoms with Crippen molar-refractivity contribution in [2.75, 3.05) is 24.6 Å². The van der Waals surface area contributed by atoms with Gasteiger partial charge in [0.1, 0.15) is 5.75 Å². The van der Waals surface area contributed by atoms with Gasteiger partial charge in [0, 0.05) is 31.2 Å². The van der Waals surface area contributed by atoms with Gasteiger partial charge in [-0.15, -0.1) is 10.2 Å². The van der Waals surface area contributed by atoms with Gasteiger partial charge in [0.15, 0.2) is 0 Å². The summed E-state index contributed by atoms with van der Waals surface area (Å²) in [6, 6.07) is 28.0. The summed E-state index contributed by atoms with van der Waals surface area (Å²) in [4.78, 5) is 27.9. The largest absolute Gasteiger partial charge is 0.494 e. The van der Waals surface area contributed by atoms with E-state index in [1.807, 2.05) is 72.5 Å². The molecule has 0 saturated heterocycles. The SMILES string of the molecule is CCOc1ccc(N2CCn3c2nnc(C(=O)NCCC(c2ccccc2)c2ccccc2)c3=O)cc1. The third kappa shape index (κ3) is 5.23. The molecule has 0 unspecified atom stereocenters. The fourth-order valence-electron chi connectivity index (χ4n) is 4.70. The first-order valence-corrected chi connectivity index (χ1v) is 12.5. The summed E-state index contributed by atoms with van der Waals surface area (Å²) in [6.45, 7) is 3.93. The number of amides is 1. The second kappa shape index (κ2) is 11.1. The number of carbonyl (C=O) groups excluding carboxylic acids is 1. The van der Waals surface area contributed by atoms with E-state index in [4.69, 9.17) is 4.74 Å². The number of hydrogen-bond acceptors (Lipinski definition) is 6. The van der Waals surface area contributed by atoms with Crippen molar-refractivity contribution in [3.63, 3.8) is 0 Å². The number of nitrogens with zero attached hydrogens (tertiary/aromatic N) is 4. The average molecular weight is 496 g/mol. The Labute approximate surface area is 215 Å². The predicted octanol–water partition coefficient (Wildman–Crippen LogP) is 4.14. The van der Waals surface area contributed by atoms with Crippen LogP contribution in [0.1, 0.15) is 40.9 Å². The van der Waals surface area contributed by atoms with Gasteiger partial charge < -0.3 is 15.0 Å². The zero-order valence-electron chi connectivity index (χ0n) is 20.7. The van der Waals surface area contributed by atoms with Crippen molar-refractivity contribution in [1.29, 1.82) is 0 Å². The number of rotatable bonds is 9. The minimum atomic E-state index is -0.507. The fourth-order valence-corrected chi connectivity index (χ4v) is 4.70. The van der Waals surface area contributed by atoms with E-state index in [-0.39, 0.29) is 11.6 Å². The Morgan fingerprint density at radius 2 is 1.57 bits per heavy atom. The first-order chi connectivity index (χ1) is 18.2. The maximum Gasteiger partial charge on any atom is 0.286 e. The van der Waals surface area contributed by atoms with Gasteiger partial charge in [-0.1, -0.05) is 60.7 Å². The number of nitrogens with one attached hydrogen (secondary N) is 1. The summed E-state index contributed by atoms with van der Waals surface area (Å²) in [5.41, 5.74) is 2.62. The Morgan fingerprint density at radius 3 is 2.19 bits per heavy atom. The number of carbonyl (C=O) groups is 1. The predicted molar refractivity (Wildman–Crippen MR) is 143 cm³/mol. The first kappa shape index (κ1) is 24.2. The monoisotopic (exact) mass is 495 g/mol. The molecular weight excluding hydrogens is 466 g/mol. The molecule has 0 radical (unpaired) electrons. The van der Waals surface area contributed by atoms with Crippen molar-refractivity contribution in [3.05, 3.63) is 112 Å². The van der Waals surface area contributed by atoms with Crippen LogP contribution in [0.3, 0.4) is 0 Å². The topological polar surface area (TPSA) is 89.3 Å². The lowest BCUT2D eigenvalue weighted by Gasteiger charge is -2.18. The number of hydrogen-bond donors (Lipinski definition) is 1. The quantitative estimate of drug-likeness (QED) is 0.375. The van der Waals surface area contributed by atoms with Crippen molar-refractivity contribution < 1.29 is 9.53 Å². The van der Waals surface area contributed by atoms with Crippen LogP contribution >= 0.6 is 0 Å². The second-order valence-electron chi connectivity index (χ2n) is 8.80. The van der Waals surface area contributed by atoms with E-state index in [1.165, 1.54) is 15.7 Å². The lowest BCUT2D eigenvalue weighted by molar-refractivity contribution is 0.0944. The van der Waals surface area contributed by atoms with Gasteiger partial charge in [0.2, 0.25) is 11.6 Å². The molecule has 0 spiro atoms. The zero-order chi connectivity index (χ0) is 25.6. The average Bonchev–Trinajstić information content (AvgIpc) is 3.38.